The zero-order valence-electron chi connectivity index (χ0n) is 13.5. The summed E-state index contributed by atoms with van der Waals surface area (Å²) in [6, 6.07) is 0. The molecule has 7 nitrogen and oxygen atoms in total. The molecule has 2 saturated heterocycles. The molecule has 24 heavy (non-hydrogen) atoms. The predicted octanol–water partition coefficient (Wildman–Crippen LogP) is 1.61. The van der Waals surface area contributed by atoms with Gasteiger partial charge in [-0.3, -0.25) is 4.79 Å². The topological polar surface area (TPSA) is 81.7 Å². The van der Waals surface area contributed by atoms with Crippen LogP contribution in [-0.4, -0.2) is 55.0 Å². The number of epoxide rings is 1. The van der Waals surface area contributed by atoms with Crippen LogP contribution in [0.1, 0.15) is 32.6 Å². The number of carbonyl (C=O) groups excluding carboxylic acids is 1. The fraction of sp³-hybridized carbons (Fsp3) is 0.750. The van der Waals surface area contributed by atoms with Gasteiger partial charge in [-0.25, -0.2) is 0 Å². The second-order valence-corrected chi connectivity index (χ2v) is 7.41. The number of hydrogen-bond acceptors (Lipinski definition) is 6. The summed E-state index contributed by atoms with van der Waals surface area (Å²) in [5.41, 5.74) is -0.352. The Labute approximate surface area is 148 Å². The third kappa shape index (κ3) is 2.51. The van der Waals surface area contributed by atoms with E-state index in [1.165, 1.54) is 0 Å². The van der Waals surface area contributed by atoms with Crippen molar-refractivity contribution in [1.82, 2.24) is 5.32 Å². The Kier molecular flexibility index (Phi) is 4.19. The van der Waals surface area contributed by atoms with Crippen molar-refractivity contribution in [3.8, 4) is 0 Å². The molecule has 0 aromatic rings. The number of oxime groups is 1. The molecule has 4 aliphatic rings. The Morgan fingerprint density at radius 3 is 2.96 bits per heavy atom. The van der Waals surface area contributed by atoms with E-state index in [9.17, 15) is 4.79 Å². The van der Waals surface area contributed by atoms with Gasteiger partial charge in [0.2, 0.25) is 5.79 Å². The van der Waals surface area contributed by atoms with Gasteiger partial charge in [0.1, 0.15) is 17.9 Å². The summed E-state index contributed by atoms with van der Waals surface area (Å²) in [6.07, 6.45) is 4.66. The minimum atomic E-state index is -0.871. The van der Waals surface area contributed by atoms with Crippen LogP contribution in [0.25, 0.3) is 0 Å². The Morgan fingerprint density at radius 2 is 2.21 bits per heavy atom. The minimum Gasteiger partial charge on any atom is -0.381 e. The molecule has 1 aliphatic carbocycles. The van der Waals surface area contributed by atoms with Gasteiger partial charge < -0.3 is 24.4 Å². The first-order chi connectivity index (χ1) is 11.6. The van der Waals surface area contributed by atoms with Crippen LogP contribution in [0.5, 0.6) is 0 Å². The molecule has 0 aromatic carbocycles. The van der Waals surface area contributed by atoms with Crippen molar-refractivity contribution in [1.29, 1.82) is 0 Å². The number of hydrogen-bond donors (Lipinski definition) is 1. The van der Waals surface area contributed by atoms with Crippen LogP contribution >= 0.6 is 15.9 Å². The first-order valence-electron chi connectivity index (χ1n) is 8.47. The molecular formula is C16H21BrN2O5. The van der Waals surface area contributed by atoms with Crippen LogP contribution < -0.4 is 5.32 Å². The number of amides is 1. The lowest BCUT2D eigenvalue weighted by Crippen LogP contribution is -2.53. The number of carbonyl (C=O) groups is 1. The van der Waals surface area contributed by atoms with E-state index < -0.39 is 11.4 Å². The molecular weight excluding hydrogens is 380 g/mol. The number of nitrogens with zero attached hydrogens (tertiary/aromatic N) is 1. The van der Waals surface area contributed by atoms with Crippen LogP contribution in [0.4, 0.5) is 0 Å². The van der Waals surface area contributed by atoms with Gasteiger partial charge in [0.05, 0.1) is 17.7 Å². The van der Waals surface area contributed by atoms with Gasteiger partial charge in [0, 0.05) is 13.0 Å². The highest BCUT2D eigenvalue weighted by Gasteiger charge is 2.72. The summed E-state index contributed by atoms with van der Waals surface area (Å²) >= 11 is 3.57. The van der Waals surface area contributed by atoms with Gasteiger partial charge >= 0.3 is 0 Å². The molecule has 4 rings (SSSR count). The first kappa shape index (κ1) is 16.5. The van der Waals surface area contributed by atoms with Gasteiger partial charge in [-0.1, -0.05) is 18.5 Å². The van der Waals surface area contributed by atoms with E-state index in [4.69, 9.17) is 19.0 Å². The van der Waals surface area contributed by atoms with Crippen LogP contribution in [-0.2, 0) is 23.8 Å². The van der Waals surface area contributed by atoms with E-state index in [2.05, 4.69) is 33.3 Å². The third-order valence-corrected chi connectivity index (χ3v) is 5.60. The lowest BCUT2D eigenvalue weighted by Gasteiger charge is -2.40. The standard InChI is InChI=1S/C16H21BrN2O5/c1-2-3-5-18-14(20)10-8-15(24-19-10)9-11(17)16(13-12(15)23-13)21-6-4-7-22-16/h9,12-13H,2-8H2,1H3,(H,18,20)/t12-,13+,15-/m1/s1. The van der Waals surface area contributed by atoms with Crippen molar-refractivity contribution >= 4 is 27.5 Å². The highest BCUT2D eigenvalue weighted by molar-refractivity contribution is 9.11. The number of unbranched alkanes of at least 4 members (excludes halogenated alkanes) is 1. The Hall–Kier alpha value is -0.960. The number of rotatable bonds is 4. The molecule has 2 spiro atoms. The Balaban J connectivity index is 1.48. The predicted molar refractivity (Wildman–Crippen MR) is 88.7 cm³/mol. The van der Waals surface area contributed by atoms with Gasteiger partial charge in [-0.05, 0) is 34.8 Å². The molecule has 0 aromatic heterocycles. The number of fused-ring (bicyclic) bond motifs is 3. The van der Waals surface area contributed by atoms with Gasteiger partial charge in [0.25, 0.3) is 5.91 Å². The Bertz CT molecular complexity index is 601. The molecule has 0 saturated carbocycles. The molecule has 1 N–H and O–H groups in total. The van der Waals surface area contributed by atoms with Crippen molar-refractivity contribution < 1.29 is 23.8 Å². The quantitative estimate of drug-likeness (QED) is 0.572. The van der Waals surface area contributed by atoms with Crippen LogP contribution in [0.2, 0.25) is 0 Å². The monoisotopic (exact) mass is 400 g/mol. The summed E-state index contributed by atoms with van der Waals surface area (Å²) in [5, 5.41) is 6.89. The molecule has 1 amide bonds. The first-order valence-corrected chi connectivity index (χ1v) is 9.26. The maximum atomic E-state index is 12.2. The summed E-state index contributed by atoms with van der Waals surface area (Å²) in [5.74, 6) is -1.04. The molecule has 8 heteroatoms. The smallest absolute Gasteiger partial charge is 0.269 e. The molecule has 0 radical (unpaired) electrons. The van der Waals surface area contributed by atoms with Gasteiger partial charge in [-0.15, -0.1) is 0 Å². The molecule has 0 bridgehead atoms. The fourth-order valence-corrected chi connectivity index (χ4v) is 4.30. The van der Waals surface area contributed by atoms with E-state index in [1.54, 1.807) is 0 Å². The van der Waals surface area contributed by atoms with Crippen molar-refractivity contribution in [2.24, 2.45) is 5.16 Å². The molecule has 0 unspecified atom stereocenters. The second kappa shape index (κ2) is 6.09. The number of halogens is 1. The van der Waals surface area contributed by atoms with Gasteiger partial charge in [0.15, 0.2) is 5.60 Å². The van der Waals surface area contributed by atoms with Crippen molar-refractivity contribution in [3.05, 3.63) is 10.6 Å². The van der Waals surface area contributed by atoms with Crippen molar-refractivity contribution in [3.63, 3.8) is 0 Å². The van der Waals surface area contributed by atoms with Gasteiger partial charge in [-0.2, -0.15) is 0 Å². The minimum absolute atomic E-state index is 0.174. The molecule has 3 aliphatic heterocycles. The van der Waals surface area contributed by atoms with Crippen LogP contribution in [0.3, 0.4) is 0 Å². The van der Waals surface area contributed by atoms with E-state index in [0.29, 0.717) is 31.9 Å². The third-order valence-electron chi connectivity index (χ3n) is 4.82. The van der Waals surface area contributed by atoms with Crippen LogP contribution in [0.15, 0.2) is 15.7 Å². The molecule has 3 atom stereocenters. The lowest BCUT2D eigenvalue weighted by atomic mass is 9.84. The van der Waals surface area contributed by atoms with E-state index in [1.807, 2.05) is 6.08 Å². The second-order valence-electron chi connectivity index (χ2n) is 6.56. The van der Waals surface area contributed by atoms with Crippen molar-refractivity contribution in [2.75, 3.05) is 19.8 Å². The summed E-state index contributed by atoms with van der Waals surface area (Å²) in [4.78, 5) is 17.9. The maximum Gasteiger partial charge on any atom is 0.269 e. The lowest BCUT2D eigenvalue weighted by molar-refractivity contribution is -0.249. The zero-order chi connectivity index (χ0) is 16.8. The number of ether oxygens (including phenoxy) is 3. The normalized spacial score (nSPS) is 35.9. The van der Waals surface area contributed by atoms with E-state index >= 15 is 0 Å². The molecule has 3 heterocycles. The van der Waals surface area contributed by atoms with Crippen molar-refractivity contribution in [2.45, 2.75) is 56.2 Å². The average Bonchev–Trinajstić information content (AvgIpc) is 3.31. The summed E-state index contributed by atoms with van der Waals surface area (Å²) in [7, 11) is 0. The van der Waals surface area contributed by atoms with E-state index in [0.717, 1.165) is 23.7 Å². The highest BCUT2D eigenvalue weighted by Crippen LogP contribution is 2.56. The highest BCUT2D eigenvalue weighted by atomic mass is 79.9. The SMILES string of the molecule is CCCCNC(=O)C1=NO[C@@]2(C=C(Br)C3(OCCCO3)[C@H]3O[C@H]32)C1. The molecule has 2 fully saturated rings. The average molecular weight is 401 g/mol. The largest absolute Gasteiger partial charge is 0.381 e. The fourth-order valence-electron chi connectivity index (χ4n) is 3.46. The summed E-state index contributed by atoms with van der Waals surface area (Å²) in [6.45, 7) is 3.99. The Morgan fingerprint density at radius 1 is 1.42 bits per heavy atom. The zero-order valence-corrected chi connectivity index (χ0v) is 15.1. The summed E-state index contributed by atoms with van der Waals surface area (Å²) < 4.78 is 18.4. The van der Waals surface area contributed by atoms with Crippen LogP contribution in [0, 0.1) is 0 Å². The maximum absolute atomic E-state index is 12.2. The number of nitrogens with one attached hydrogen (secondary N) is 1. The van der Waals surface area contributed by atoms with E-state index in [-0.39, 0.29) is 18.1 Å². The molecule has 132 valence electrons.